The molecule has 2 heteroatoms. The summed E-state index contributed by atoms with van der Waals surface area (Å²) in [6, 6.07) is 20.6. The summed E-state index contributed by atoms with van der Waals surface area (Å²) in [5.41, 5.74) is 2.34. The minimum absolute atomic E-state index is 0.0117. The molecule has 1 heterocycles. The summed E-state index contributed by atoms with van der Waals surface area (Å²) in [5.74, 6) is 0. The smallest absolute Gasteiger partial charge is 0.113 e. The average molecular weight is 240 g/mol. The summed E-state index contributed by atoms with van der Waals surface area (Å²) in [5, 5.41) is 0. The summed E-state index contributed by atoms with van der Waals surface area (Å²) < 4.78 is 11.8. The van der Waals surface area contributed by atoms with Gasteiger partial charge < -0.3 is 9.47 Å². The van der Waals surface area contributed by atoms with Crippen LogP contribution in [0.3, 0.4) is 0 Å². The molecule has 1 aliphatic heterocycles. The van der Waals surface area contributed by atoms with Crippen molar-refractivity contribution in [1.82, 2.24) is 0 Å². The Labute approximate surface area is 107 Å². The van der Waals surface area contributed by atoms with E-state index in [1.54, 1.807) is 0 Å². The first-order valence-electron chi connectivity index (χ1n) is 6.28. The lowest BCUT2D eigenvalue weighted by molar-refractivity contribution is -0.145. The van der Waals surface area contributed by atoms with E-state index in [1.807, 2.05) is 36.4 Å². The van der Waals surface area contributed by atoms with Crippen LogP contribution >= 0.6 is 0 Å². The highest BCUT2D eigenvalue weighted by atomic mass is 16.6. The van der Waals surface area contributed by atoms with Crippen LogP contribution in [0.2, 0.25) is 0 Å². The molecule has 0 radical (unpaired) electrons. The van der Waals surface area contributed by atoms with E-state index in [2.05, 4.69) is 24.3 Å². The van der Waals surface area contributed by atoms with Crippen LogP contribution in [-0.4, -0.2) is 13.2 Å². The van der Waals surface area contributed by atoms with Gasteiger partial charge in [-0.3, -0.25) is 0 Å². The first-order valence-corrected chi connectivity index (χ1v) is 6.28. The van der Waals surface area contributed by atoms with Gasteiger partial charge in [0.15, 0.2) is 0 Å². The van der Waals surface area contributed by atoms with Gasteiger partial charge in [0.05, 0.1) is 13.2 Å². The molecule has 0 amide bonds. The van der Waals surface area contributed by atoms with E-state index in [0.717, 1.165) is 0 Å². The standard InChI is InChI=1S/C16H16O2/c1-3-7-13(8-4-1)15-16(18-12-11-17-15)14-9-5-2-6-10-14/h1-10,15-16H,11-12H2/t15-,16-/m0/s1. The van der Waals surface area contributed by atoms with Crippen LogP contribution < -0.4 is 0 Å². The Balaban J connectivity index is 1.92. The molecule has 2 atom stereocenters. The average Bonchev–Trinajstić information content (AvgIpc) is 2.49. The highest BCUT2D eigenvalue weighted by Gasteiger charge is 2.29. The molecule has 0 spiro atoms. The van der Waals surface area contributed by atoms with Crippen LogP contribution in [0.5, 0.6) is 0 Å². The Bertz CT molecular complexity index is 433. The maximum Gasteiger partial charge on any atom is 0.113 e. The second kappa shape index (κ2) is 5.34. The molecule has 1 fully saturated rings. The van der Waals surface area contributed by atoms with Crippen LogP contribution in [0.25, 0.3) is 0 Å². The fourth-order valence-electron chi connectivity index (χ4n) is 2.35. The lowest BCUT2D eigenvalue weighted by Gasteiger charge is -2.32. The van der Waals surface area contributed by atoms with E-state index in [0.29, 0.717) is 13.2 Å². The third-order valence-corrected chi connectivity index (χ3v) is 3.21. The Kier molecular flexibility index (Phi) is 3.40. The Morgan fingerprint density at radius 2 is 1.00 bits per heavy atom. The van der Waals surface area contributed by atoms with Crippen molar-refractivity contribution in [3.63, 3.8) is 0 Å². The van der Waals surface area contributed by atoms with Crippen LogP contribution in [0, 0.1) is 0 Å². The maximum absolute atomic E-state index is 5.91. The van der Waals surface area contributed by atoms with Crippen LogP contribution in [0.1, 0.15) is 23.3 Å². The molecular formula is C16H16O2. The summed E-state index contributed by atoms with van der Waals surface area (Å²) in [6.07, 6.45) is -0.0234. The third-order valence-electron chi connectivity index (χ3n) is 3.21. The molecule has 1 saturated heterocycles. The number of hydrogen-bond acceptors (Lipinski definition) is 2. The zero-order valence-corrected chi connectivity index (χ0v) is 10.2. The van der Waals surface area contributed by atoms with Crippen molar-refractivity contribution in [2.75, 3.05) is 13.2 Å². The lowest BCUT2D eigenvalue weighted by atomic mass is 9.97. The monoisotopic (exact) mass is 240 g/mol. The predicted octanol–water partition coefficient (Wildman–Crippen LogP) is 3.52. The SMILES string of the molecule is c1ccc([C@@H]2OCCO[C@H]2c2ccccc2)cc1. The number of benzene rings is 2. The van der Waals surface area contributed by atoms with Gasteiger partial charge in [-0.25, -0.2) is 0 Å². The van der Waals surface area contributed by atoms with Crippen LogP contribution in [0.15, 0.2) is 60.7 Å². The van der Waals surface area contributed by atoms with E-state index in [1.165, 1.54) is 11.1 Å². The van der Waals surface area contributed by atoms with Crippen molar-refractivity contribution in [3.8, 4) is 0 Å². The van der Waals surface area contributed by atoms with Gasteiger partial charge in [0, 0.05) is 0 Å². The molecule has 0 unspecified atom stereocenters. The second-order valence-corrected chi connectivity index (χ2v) is 4.40. The zero-order valence-electron chi connectivity index (χ0n) is 10.2. The minimum atomic E-state index is -0.0117. The quantitative estimate of drug-likeness (QED) is 0.799. The molecule has 92 valence electrons. The molecule has 2 nitrogen and oxygen atoms in total. The van der Waals surface area contributed by atoms with Gasteiger partial charge in [0.25, 0.3) is 0 Å². The summed E-state index contributed by atoms with van der Waals surface area (Å²) in [6.45, 7) is 1.31. The van der Waals surface area contributed by atoms with Crippen LogP contribution in [0.4, 0.5) is 0 Å². The molecule has 2 aromatic rings. The summed E-state index contributed by atoms with van der Waals surface area (Å²) in [4.78, 5) is 0. The highest BCUT2D eigenvalue weighted by Crippen LogP contribution is 2.37. The van der Waals surface area contributed by atoms with Crippen molar-refractivity contribution in [1.29, 1.82) is 0 Å². The van der Waals surface area contributed by atoms with Crippen molar-refractivity contribution in [2.24, 2.45) is 0 Å². The molecule has 18 heavy (non-hydrogen) atoms. The summed E-state index contributed by atoms with van der Waals surface area (Å²) in [7, 11) is 0. The van der Waals surface area contributed by atoms with Gasteiger partial charge >= 0.3 is 0 Å². The van der Waals surface area contributed by atoms with E-state index in [4.69, 9.17) is 9.47 Å². The van der Waals surface area contributed by atoms with Gasteiger partial charge in [-0.2, -0.15) is 0 Å². The summed E-state index contributed by atoms with van der Waals surface area (Å²) >= 11 is 0. The van der Waals surface area contributed by atoms with Gasteiger partial charge in [-0.15, -0.1) is 0 Å². The third kappa shape index (κ3) is 2.30. The van der Waals surface area contributed by atoms with E-state index in [-0.39, 0.29) is 12.2 Å². The molecular weight excluding hydrogens is 224 g/mol. The zero-order chi connectivity index (χ0) is 12.2. The minimum Gasteiger partial charge on any atom is -0.368 e. The van der Waals surface area contributed by atoms with E-state index < -0.39 is 0 Å². The molecule has 2 aromatic carbocycles. The Hall–Kier alpha value is -1.64. The first kappa shape index (κ1) is 11.5. The van der Waals surface area contributed by atoms with Crippen molar-refractivity contribution in [2.45, 2.75) is 12.2 Å². The molecule has 3 rings (SSSR count). The molecule has 0 N–H and O–H groups in total. The van der Waals surface area contributed by atoms with Gasteiger partial charge in [0.2, 0.25) is 0 Å². The molecule has 0 aliphatic carbocycles. The normalized spacial score (nSPS) is 23.8. The first-order chi connectivity index (χ1) is 8.95. The number of rotatable bonds is 2. The topological polar surface area (TPSA) is 18.5 Å². The molecule has 0 saturated carbocycles. The molecule has 1 aliphatic rings. The fourth-order valence-corrected chi connectivity index (χ4v) is 2.35. The van der Waals surface area contributed by atoms with Gasteiger partial charge in [0.1, 0.15) is 12.2 Å². The Morgan fingerprint density at radius 3 is 1.39 bits per heavy atom. The van der Waals surface area contributed by atoms with Crippen LogP contribution in [-0.2, 0) is 9.47 Å². The van der Waals surface area contributed by atoms with Crippen molar-refractivity contribution < 1.29 is 9.47 Å². The second-order valence-electron chi connectivity index (χ2n) is 4.40. The van der Waals surface area contributed by atoms with E-state index >= 15 is 0 Å². The van der Waals surface area contributed by atoms with Gasteiger partial charge in [-0.1, -0.05) is 60.7 Å². The molecule has 0 aromatic heterocycles. The largest absolute Gasteiger partial charge is 0.368 e. The highest BCUT2D eigenvalue weighted by molar-refractivity contribution is 5.25. The predicted molar refractivity (Wildman–Crippen MR) is 70.3 cm³/mol. The van der Waals surface area contributed by atoms with E-state index in [9.17, 15) is 0 Å². The van der Waals surface area contributed by atoms with Gasteiger partial charge in [-0.05, 0) is 11.1 Å². The van der Waals surface area contributed by atoms with Crippen molar-refractivity contribution in [3.05, 3.63) is 71.8 Å². The lowest BCUT2D eigenvalue weighted by Crippen LogP contribution is -2.26. The Morgan fingerprint density at radius 1 is 0.611 bits per heavy atom. The number of hydrogen-bond donors (Lipinski definition) is 0. The van der Waals surface area contributed by atoms with Crippen molar-refractivity contribution >= 4 is 0 Å². The maximum atomic E-state index is 5.91. The molecule has 0 bridgehead atoms. The fraction of sp³-hybridized carbons (Fsp3) is 0.250. The number of ether oxygens (including phenoxy) is 2.